The Labute approximate surface area is 98.1 Å². The van der Waals surface area contributed by atoms with Crippen LogP contribution in [0.15, 0.2) is 18.2 Å². The van der Waals surface area contributed by atoms with Gasteiger partial charge in [-0.15, -0.1) is 0 Å². The van der Waals surface area contributed by atoms with Crippen LogP contribution in [0.5, 0.6) is 0 Å². The van der Waals surface area contributed by atoms with Crippen molar-refractivity contribution in [2.75, 3.05) is 13.1 Å². The van der Waals surface area contributed by atoms with Gasteiger partial charge in [0.05, 0.1) is 0 Å². The van der Waals surface area contributed by atoms with E-state index in [4.69, 9.17) is 0 Å². The zero-order valence-electron chi connectivity index (χ0n) is 10.5. The van der Waals surface area contributed by atoms with Gasteiger partial charge in [-0.1, -0.05) is 23.8 Å². The van der Waals surface area contributed by atoms with Crippen LogP contribution in [-0.2, 0) is 11.2 Å². The molecule has 2 heteroatoms. The summed E-state index contributed by atoms with van der Waals surface area (Å²) in [5.41, 5.74) is 4.05. The summed E-state index contributed by atoms with van der Waals surface area (Å²) in [6, 6.07) is 6.55. The highest BCUT2D eigenvalue weighted by Crippen LogP contribution is 2.10. The third-order valence-corrected chi connectivity index (χ3v) is 2.73. The van der Waals surface area contributed by atoms with Crippen molar-refractivity contribution in [1.82, 2.24) is 5.32 Å². The lowest BCUT2D eigenvalue weighted by Gasteiger charge is -2.07. The van der Waals surface area contributed by atoms with Crippen molar-refractivity contribution in [3.63, 3.8) is 0 Å². The minimum atomic E-state index is 0.249. The zero-order valence-corrected chi connectivity index (χ0v) is 10.5. The SMILES string of the molecule is CC(=O)CCNCCc1cc(C)ccc1C. The molecule has 0 bridgehead atoms. The lowest BCUT2D eigenvalue weighted by molar-refractivity contribution is -0.116. The summed E-state index contributed by atoms with van der Waals surface area (Å²) < 4.78 is 0. The molecule has 0 radical (unpaired) electrons. The molecular weight excluding hydrogens is 198 g/mol. The molecule has 1 aromatic rings. The van der Waals surface area contributed by atoms with Crippen LogP contribution in [0.3, 0.4) is 0 Å². The van der Waals surface area contributed by atoms with E-state index in [-0.39, 0.29) is 5.78 Å². The fourth-order valence-corrected chi connectivity index (χ4v) is 1.68. The van der Waals surface area contributed by atoms with E-state index in [0.29, 0.717) is 6.42 Å². The van der Waals surface area contributed by atoms with Gasteiger partial charge in [0.2, 0.25) is 0 Å². The maximum absolute atomic E-state index is 10.7. The summed E-state index contributed by atoms with van der Waals surface area (Å²) in [6.45, 7) is 7.63. The van der Waals surface area contributed by atoms with Crippen molar-refractivity contribution in [1.29, 1.82) is 0 Å². The molecule has 0 unspecified atom stereocenters. The molecule has 2 nitrogen and oxygen atoms in total. The smallest absolute Gasteiger partial charge is 0.131 e. The van der Waals surface area contributed by atoms with Crippen LogP contribution in [0.25, 0.3) is 0 Å². The van der Waals surface area contributed by atoms with Crippen LogP contribution >= 0.6 is 0 Å². The molecule has 0 heterocycles. The molecule has 0 amide bonds. The first-order valence-corrected chi connectivity index (χ1v) is 5.86. The van der Waals surface area contributed by atoms with Crippen LogP contribution in [-0.4, -0.2) is 18.9 Å². The molecule has 0 saturated heterocycles. The lowest BCUT2D eigenvalue weighted by Crippen LogP contribution is -2.20. The Hall–Kier alpha value is -1.15. The molecule has 0 aromatic heterocycles. The standard InChI is InChI=1S/C14H21NO/c1-11-4-5-12(2)14(10-11)7-9-15-8-6-13(3)16/h4-5,10,15H,6-9H2,1-3H3. The van der Waals surface area contributed by atoms with Gasteiger partial charge in [0.15, 0.2) is 0 Å². The van der Waals surface area contributed by atoms with Crippen molar-refractivity contribution in [2.45, 2.75) is 33.6 Å². The Bertz CT molecular complexity index is 358. The van der Waals surface area contributed by atoms with E-state index >= 15 is 0 Å². The average Bonchev–Trinajstić information content (AvgIpc) is 2.22. The van der Waals surface area contributed by atoms with Crippen LogP contribution in [0.2, 0.25) is 0 Å². The van der Waals surface area contributed by atoms with Crippen LogP contribution in [0, 0.1) is 13.8 Å². The Kier molecular flexibility index (Phi) is 5.20. The molecule has 88 valence electrons. The zero-order chi connectivity index (χ0) is 12.0. The summed E-state index contributed by atoms with van der Waals surface area (Å²) in [5.74, 6) is 0.249. The van der Waals surface area contributed by atoms with Crippen molar-refractivity contribution < 1.29 is 4.79 Å². The van der Waals surface area contributed by atoms with Gasteiger partial charge in [-0.2, -0.15) is 0 Å². The molecule has 0 aliphatic carbocycles. The Morgan fingerprint density at radius 3 is 2.69 bits per heavy atom. The number of hydrogen-bond acceptors (Lipinski definition) is 2. The molecule has 1 rings (SSSR count). The first-order valence-electron chi connectivity index (χ1n) is 5.86. The van der Waals surface area contributed by atoms with E-state index in [1.165, 1.54) is 16.7 Å². The molecule has 1 aromatic carbocycles. The van der Waals surface area contributed by atoms with E-state index in [9.17, 15) is 4.79 Å². The summed E-state index contributed by atoms with van der Waals surface area (Å²) in [7, 11) is 0. The molecule has 0 aliphatic heterocycles. The van der Waals surface area contributed by atoms with Gasteiger partial charge >= 0.3 is 0 Å². The second-order valence-electron chi connectivity index (χ2n) is 4.38. The molecule has 0 fully saturated rings. The molecule has 1 N–H and O–H groups in total. The summed E-state index contributed by atoms with van der Waals surface area (Å²) >= 11 is 0. The summed E-state index contributed by atoms with van der Waals surface area (Å²) in [5, 5.41) is 3.29. The van der Waals surface area contributed by atoms with E-state index in [0.717, 1.165) is 19.5 Å². The number of benzene rings is 1. The van der Waals surface area contributed by atoms with Crippen molar-refractivity contribution in [2.24, 2.45) is 0 Å². The van der Waals surface area contributed by atoms with Crippen LogP contribution < -0.4 is 5.32 Å². The number of ketones is 1. The summed E-state index contributed by atoms with van der Waals surface area (Å²) in [4.78, 5) is 10.7. The fourth-order valence-electron chi connectivity index (χ4n) is 1.68. The molecule has 0 spiro atoms. The number of nitrogens with one attached hydrogen (secondary N) is 1. The van der Waals surface area contributed by atoms with Crippen LogP contribution in [0.4, 0.5) is 0 Å². The van der Waals surface area contributed by atoms with Gasteiger partial charge in [0, 0.05) is 13.0 Å². The third kappa shape index (κ3) is 4.58. The normalized spacial score (nSPS) is 10.4. The van der Waals surface area contributed by atoms with Gasteiger partial charge in [-0.25, -0.2) is 0 Å². The molecule has 0 aliphatic rings. The number of aryl methyl sites for hydroxylation is 2. The molecule has 16 heavy (non-hydrogen) atoms. The highest BCUT2D eigenvalue weighted by atomic mass is 16.1. The van der Waals surface area contributed by atoms with E-state index in [2.05, 4.69) is 37.4 Å². The monoisotopic (exact) mass is 219 g/mol. The number of rotatable bonds is 6. The largest absolute Gasteiger partial charge is 0.316 e. The molecule has 0 saturated carbocycles. The number of carbonyl (C=O) groups excluding carboxylic acids is 1. The molecule has 0 atom stereocenters. The predicted octanol–water partition coefficient (Wildman–Crippen LogP) is 2.41. The maximum atomic E-state index is 10.7. The first kappa shape index (κ1) is 12.9. The second-order valence-corrected chi connectivity index (χ2v) is 4.38. The number of Topliss-reactive ketones (excluding diaryl/α,β-unsaturated/α-hetero) is 1. The number of hydrogen-bond donors (Lipinski definition) is 1. The Morgan fingerprint density at radius 1 is 1.25 bits per heavy atom. The van der Waals surface area contributed by atoms with Crippen molar-refractivity contribution in [3.05, 3.63) is 34.9 Å². The lowest BCUT2D eigenvalue weighted by atomic mass is 10.0. The molecular formula is C14H21NO. The van der Waals surface area contributed by atoms with E-state index < -0.39 is 0 Å². The van der Waals surface area contributed by atoms with Gasteiger partial charge in [-0.3, -0.25) is 4.79 Å². The third-order valence-electron chi connectivity index (χ3n) is 2.73. The first-order chi connectivity index (χ1) is 7.59. The number of carbonyl (C=O) groups is 1. The highest BCUT2D eigenvalue weighted by Gasteiger charge is 1.99. The van der Waals surface area contributed by atoms with Crippen molar-refractivity contribution in [3.8, 4) is 0 Å². The average molecular weight is 219 g/mol. The minimum absolute atomic E-state index is 0.249. The highest BCUT2D eigenvalue weighted by molar-refractivity contribution is 5.75. The Morgan fingerprint density at radius 2 is 2.00 bits per heavy atom. The topological polar surface area (TPSA) is 29.1 Å². The fraction of sp³-hybridized carbons (Fsp3) is 0.500. The second kappa shape index (κ2) is 6.44. The Balaban J connectivity index is 2.31. The van der Waals surface area contributed by atoms with E-state index in [1.807, 2.05) is 0 Å². The minimum Gasteiger partial charge on any atom is -0.316 e. The van der Waals surface area contributed by atoms with Gasteiger partial charge < -0.3 is 5.32 Å². The summed E-state index contributed by atoms with van der Waals surface area (Å²) in [6.07, 6.45) is 1.66. The predicted molar refractivity (Wildman–Crippen MR) is 67.8 cm³/mol. The maximum Gasteiger partial charge on any atom is 0.131 e. The van der Waals surface area contributed by atoms with Gasteiger partial charge in [0.25, 0.3) is 0 Å². The van der Waals surface area contributed by atoms with Crippen molar-refractivity contribution >= 4 is 5.78 Å². The van der Waals surface area contributed by atoms with E-state index in [1.54, 1.807) is 6.92 Å². The van der Waals surface area contributed by atoms with Gasteiger partial charge in [0.1, 0.15) is 5.78 Å². The van der Waals surface area contributed by atoms with Crippen LogP contribution in [0.1, 0.15) is 30.0 Å². The van der Waals surface area contributed by atoms with Gasteiger partial charge in [-0.05, 0) is 44.9 Å². The quantitative estimate of drug-likeness (QED) is 0.744.